The van der Waals surface area contributed by atoms with Gasteiger partial charge in [-0.2, -0.15) is 0 Å². The number of halogens is 2. The van der Waals surface area contributed by atoms with Crippen LogP contribution in [0.25, 0.3) is 0 Å². The van der Waals surface area contributed by atoms with E-state index in [0.717, 1.165) is 24.4 Å². The van der Waals surface area contributed by atoms with Crippen LogP contribution in [0, 0.1) is 17.7 Å². The van der Waals surface area contributed by atoms with Gasteiger partial charge >= 0.3 is 0 Å². The van der Waals surface area contributed by atoms with E-state index in [1.807, 2.05) is 13.1 Å². The van der Waals surface area contributed by atoms with Crippen molar-refractivity contribution < 1.29 is 4.39 Å². The van der Waals surface area contributed by atoms with Gasteiger partial charge in [-0.25, -0.2) is 4.39 Å². The minimum Gasteiger partial charge on any atom is -0.319 e. The molecule has 0 amide bonds. The Kier molecular flexibility index (Phi) is 4.41. The van der Waals surface area contributed by atoms with Gasteiger partial charge in [-0.1, -0.05) is 24.1 Å². The lowest BCUT2D eigenvalue weighted by molar-refractivity contribution is 0.374. The minimum atomic E-state index is -0.299. The molecule has 0 aliphatic heterocycles. The van der Waals surface area contributed by atoms with Crippen LogP contribution in [-0.4, -0.2) is 13.6 Å². The zero-order valence-electron chi connectivity index (χ0n) is 10.2. The summed E-state index contributed by atoms with van der Waals surface area (Å²) < 4.78 is 13.4. The highest BCUT2D eigenvalue weighted by molar-refractivity contribution is 6.30. The first-order chi connectivity index (χ1) is 8.20. The molecule has 2 unspecified atom stereocenters. The molecular formula is C14H19ClFN. The van der Waals surface area contributed by atoms with Crippen molar-refractivity contribution >= 4 is 11.6 Å². The fourth-order valence-corrected chi connectivity index (χ4v) is 3.00. The van der Waals surface area contributed by atoms with Gasteiger partial charge in [0.1, 0.15) is 5.82 Å². The third kappa shape index (κ3) is 3.20. The fourth-order valence-electron chi connectivity index (χ4n) is 2.88. The van der Waals surface area contributed by atoms with Crippen molar-refractivity contribution in [2.45, 2.75) is 25.7 Å². The number of hydrogen-bond acceptors (Lipinski definition) is 1. The molecule has 0 radical (unpaired) electrons. The highest BCUT2D eigenvalue weighted by atomic mass is 35.5. The second-order valence-electron chi connectivity index (χ2n) is 4.96. The Bertz CT molecular complexity index is 380. The lowest BCUT2D eigenvalue weighted by Crippen LogP contribution is -2.23. The molecule has 1 aromatic rings. The molecule has 1 aliphatic rings. The van der Waals surface area contributed by atoms with Gasteiger partial charge in [0, 0.05) is 0 Å². The topological polar surface area (TPSA) is 12.0 Å². The first-order valence-electron chi connectivity index (χ1n) is 6.29. The maximum Gasteiger partial charge on any atom is 0.142 e. The van der Waals surface area contributed by atoms with E-state index in [0.29, 0.717) is 5.92 Å². The molecule has 0 heterocycles. The van der Waals surface area contributed by atoms with E-state index >= 15 is 0 Å². The van der Waals surface area contributed by atoms with Crippen LogP contribution in [0.4, 0.5) is 4.39 Å². The van der Waals surface area contributed by atoms with Crippen molar-refractivity contribution in [3.8, 4) is 0 Å². The van der Waals surface area contributed by atoms with Crippen LogP contribution in [-0.2, 0) is 6.42 Å². The number of benzene rings is 1. The number of nitrogens with one attached hydrogen (secondary N) is 1. The lowest BCUT2D eigenvalue weighted by atomic mass is 9.89. The monoisotopic (exact) mass is 255 g/mol. The average molecular weight is 256 g/mol. The van der Waals surface area contributed by atoms with Gasteiger partial charge in [-0.05, 0) is 62.4 Å². The lowest BCUT2D eigenvalue weighted by Gasteiger charge is -2.19. The summed E-state index contributed by atoms with van der Waals surface area (Å²) >= 11 is 5.69. The quantitative estimate of drug-likeness (QED) is 0.866. The average Bonchev–Trinajstić information content (AvgIpc) is 2.72. The number of rotatable bonds is 4. The van der Waals surface area contributed by atoms with Gasteiger partial charge in [0.25, 0.3) is 0 Å². The summed E-state index contributed by atoms with van der Waals surface area (Å²) in [6.07, 6.45) is 4.83. The molecule has 3 heteroatoms. The van der Waals surface area contributed by atoms with E-state index in [4.69, 9.17) is 11.6 Å². The second-order valence-corrected chi connectivity index (χ2v) is 5.37. The summed E-state index contributed by atoms with van der Waals surface area (Å²) in [4.78, 5) is 0. The molecule has 1 aliphatic carbocycles. The summed E-state index contributed by atoms with van der Waals surface area (Å²) in [5, 5.41) is 3.47. The summed E-state index contributed by atoms with van der Waals surface area (Å²) in [6, 6.07) is 5.19. The van der Waals surface area contributed by atoms with Crippen LogP contribution in [0.1, 0.15) is 24.8 Å². The van der Waals surface area contributed by atoms with E-state index < -0.39 is 0 Å². The van der Waals surface area contributed by atoms with Crippen molar-refractivity contribution in [2.24, 2.45) is 11.8 Å². The first kappa shape index (κ1) is 12.8. The van der Waals surface area contributed by atoms with Crippen molar-refractivity contribution in [3.05, 3.63) is 34.6 Å². The van der Waals surface area contributed by atoms with Gasteiger partial charge in [0.15, 0.2) is 0 Å². The maximum absolute atomic E-state index is 13.4. The molecule has 1 aromatic carbocycles. The van der Waals surface area contributed by atoms with E-state index in [-0.39, 0.29) is 10.8 Å². The number of hydrogen-bond donors (Lipinski definition) is 1. The Morgan fingerprint density at radius 2 is 2.12 bits per heavy atom. The zero-order chi connectivity index (χ0) is 12.3. The summed E-state index contributed by atoms with van der Waals surface area (Å²) in [5.41, 5.74) is 1.07. The molecule has 1 fully saturated rings. The van der Waals surface area contributed by atoms with Crippen LogP contribution in [0.2, 0.25) is 5.02 Å². The van der Waals surface area contributed by atoms with Gasteiger partial charge in [0.2, 0.25) is 0 Å². The van der Waals surface area contributed by atoms with E-state index in [9.17, 15) is 4.39 Å². The summed E-state index contributed by atoms with van der Waals surface area (Å²) in [5.74, 6) is 1.12. The molecule has 0 aromatic heterocycles. The zero-order valence-corrected chi connectivity index (χ0v) is 10.9. The van der Waals surface area contributed by atoms with Gasteiger partial charge in [0.05, 0.1) is 5.02 Å². The molecule has 94 valence electrons. The Morgan fingerprint density at radius 1 is 1.35 bits per heavy atom. The SMILES string of the molecule is CNCC1CCCC1Cc1ccc(Cl)c(F)c1. The van der Waals surface area contributed by atoms with Crippen LogP contribution in [0.3, 0.4) is 0 Å². The Labute approximate surface area is 107 Å². The van der Waals surface area contributed by atoms with Crippen molar-refractivity contribution in [1.82, 2.24) is 5.32 Å². The van der Waals surface area contributed by atoms with E-state index in [1.54, 1.807) is 12.1 Å². The molecule has 1 N–H and O–H groups in total. The maximum atomic E-state index is 13.4. The molecule has 1 saturated carbocycles. The van der Waals surface area contributed by atoms with Crippen molar-refractivity contribution in [2.75, 3.05) is 13.6 Å². The second kappa shape index (κ2) is 5.83. The predicted octanol–water partition coefficient (Wildman–Crippen LogP) is 3.66. The van der Waals surface area contributed by atoms with Gasteiger partial charge in [-0.3, -0.25) is 0 Å². The smallest absolute Gasteiger partial charge is 0.142 e. The van der Waals surface area contributed by atoms with Crippen LogP contribution in [0.5, 0.6) is 0 Å². The molecule has 2 atom stereocenters. The highest BCUT2D eigenvalue weighted by Gasteiger charge is 2.26. The molecule has 17 heavy (non-hydrogen) atoms. The van der Waals surface area contributed by atoms with Gasteiger partial charge < -0.3 is 5.32 Å². The first-order valence-corrected chi connectivity index (χ1v) is 6.67. The molecule has 0 spiro atoms. The largest absolute Gasteiger partial charge is 0.319 e. The van der Waals surface area contributed by atoms with Crippen LogP contribution < -0.4 is 5.32 Å². The third-order valence-electron chi connectivity index (χ3n) is 3.76. The Morgan fingerprint density at radius 3 is 2.82 bits per heavy atom. The van der Waals surface area contributed by atoms with Crippen molar-refractivity contribution in [1.29, 1.82) is 0 Å². The molecule has 0 saturated heterocycles. The molecule has 0 bridgehead atoms. The van der Waals surface area contributed by atoms with Crippen molar-refractivity contribution in [3.63, 3.8) is 0 Å². The highest BCUT2D eigenvalue weighted by Crippen LogP contribution is 2.34. The summed E-state index contributed by atoms with van der Waals surface area (Å²) in [6.45, 7) is 1.07. The third-order valence-corrected chi connectivity index (χ3v) is 4.07. The van der Waals surface area contributed by atoms with Crippen LogP contribution in [0.15, 0.2) is 18.2 Å². The standard InChI is InChI=1S/C14H19ClFN/c1-17-9-12-4-2-3-11(12)7-10-5-6-13(15)14(16)8-10/h5-6,8,11-12,17H,2-4,7,9H2,1H3. The molecular weight excluding hydrogens is 237 g/mol. The van der Waals surface area contributed by atoms with Crippen LogP contribution >= 0.6 is 11.6 Å². The Balaban J connectivity index is 2.02. The molecule has 2 rings (SSSR count). The fraction of sp³-hybridized carbons (Fsp3) is 0.571. The summed E-state index contributed by atoms with van der Waals surface area (Å²) in [7, 11) is 2.00. The van der Waals surface area contributed by atoms with E-state index in [1.165, 1.54) is 19.3 Å². The minimum absolute atomic E-state index is 0.215. The Hall–Kier alpha value is -0.600. The predicted molar refractivity (Wildman–Crippen MR) is 69.9 cm³/mol. The van der Waals surface area contributed by atoms with Gasteiger partial charge in [-0.15, -0.1) is 0 Å². The normalized spacial score (nSPS) is 24.2. The molecule has 1 nitrogen and oxygen atoms in total. The van der Waals surface area contributed by atoms with E-state index in [2.05, 4.69) is 5.32 Å².